The minimum atomic E-state index is -3.96. The van der Waals surface area contributed by atoms with Crippen LogP contribution in [0.2, 0.25) is 0 Å². The fourth-order valence-electron chi connectivity index (χ4n) is 3.46. The summed E-state index contributed by atoms with van der Waals surface area (Å²) in [6, 6.07) is 19.5. The first-order valence-corrected chi connectivity index (χ1v) is 13.0. The van der Waals surface area contributed by atoms with E-state index in [4.69, 9.17) is 0 Å². The zero-order valence-electron chi connectivity index (χ0n) is 17.0. The number of halogens is 1. The van der Waals surface area contributed by atoms with Gasteiger partial charge in [-0.25, -0.2) is 12.8 Å². The van der Waals surface area contributed by atoms with Crippen molar-refractivity contribution in [3.63, 3.8) is 0 Å². The molecule has 3 aromatic rings. The molecule has 0 aliphatic carbocycles. The molecule has 0 radical (unpaired) electrons. The first-order valence-electron chi connectivity index (χ1n) is 9.64. The van der Waals surface area contributed by atoms with E-state index < -0.39 is 31.9 Å². The lowest BCUT2D eigenvalue weighted by Gasteiger charge is -2.23. The Bertz CT molecular complexity index is 1360. The second kappa shape index (κ2) is 8.36. The van der Waals surface area contributed by atoms with Gasteiger partial charge in [-0.05, 0) is 47.5 Å². The Morgan fingerprint density at radius 3 is 2.12 bits per heavy atom. The van der Waals surface area contributed by atoms with Gasteiger partial charge in [-0.15, -0.1) is 0 Å². The van der Waals surface area contributed by atoms with E-state index in [-0.39, 0.29) is 11.3 Å². The standard InChI is InChI=1S/C22H20FN3O4S2/c1-31(27,28)25-19-13-9-16(10-14-19)21-15-22(17-7-11-18(23)12-8-17)26(24-21)32(29,30)20-5-3-2-4-6-20/h2-14,22,25H,15H2,1H3/t22-/m1/s1. The van der Waals surface area contributed by atoms with Crippen molar-refractivity contribution in [2.24, 2.45) is 5.10 Å². The fraction of sp³-hybridized carbons (Fsp3) is 0.136. The average Bonchev–Trinajstić information content (AvgIpc) is 3.21. The van der Waals surface area contributed by atoms with Crippen LogP contribution in [0.25, 0.3) is 0 Å². The topological polar surface area (TPSA) is 95.9 Å². The van der Waals surface area contributed by atoms with E-state index in [0.717, 1.165) is 10.7 Å². The van der Waals surface area contributed by atoms with Gasteiger partial charge in [0.25, 0.3) is 10.0 Å². The molecule has 32 heavy (non-hydrogen) atoms. The lowest BCUT2D eigenvalue weighted by Crippen LogP contribution is -2.27. The maximum atomic E-state index is 13.5. The fourth-order valence-corrected chi connectivity index (χ4v) is 5.48. The molecule has 0 spiro atoms. The molecular weight excluding hydrogens is 453 g/mol. The number of hydrogen-bond donors (Lipinski definition) is 1. The highest BCUT2D eigenvalue weighted by Crippen LogP contribution is 2.37. The second-order valence-electron chi connectivity index (χ2n) is 7.36. The van der Waals surface area contributed by atoms with Crippen molar-refractivity contribution in [3.05, 3.63) is 95.8 Å². The van der Waals surface area contributed by atoms with Crippen LogP contribution in [0.5, 0.6) is 0 Å². The maximum absolute atomic E-state index is 13.5. The molecule has 3 aromatic carbocycles. The number of anilines is 1. The molecule has 0 bridgehead atoms. The minimum Gasteiger partial charge on any atom is -0.284 e. The van der Waals surface area contributed by atoms with Crippen LogP contribution in [-0.2, 0) is 20.0 Å². The van der Waals surface area contributed by atoms with E-state index >= 15 is 0 Å². The molecule has 1 aliphatic heterocycles. The summed E-state index contributed by atoms with van der Waals surface area (Å²) in [4.78, 5) is 0.102. The zero-order valence-corrected chi connectivity index (χ0v) is 18.6. The van der Waals surface area contributed by atoms with Crippen LogP contribution in [-0.4, -0.2) is 33.2 Å². The van der Waals surface area contributed by atoms with E-state index in [9.17, 15) is 21.2 Å². The highest BCUT2D eigenvalue weighted by molar-refractivity contribution is 7.92. The van der Waals surface area contributed by atoms with Crippen LogP contribution in [0.15, 0.2) is 88.9 Å². The molecule has 0 amide bonds. The Morgan fingerprint density at radius 2 is 1.53 bits per heavy atom. The van der Waals surface area contributed by atoms with E-state index in [1.165, 1.54) is 24.3 Å². The van der Waals surface area contributed by atoms with E-state index in [1.54, 1.807) is 54.6 Å². The predicted octanol–water partition coefficient (Wildman–Crippen LogP) is 3.74. The van der Waals surface area contributed by atoms with Gasteiger partial charge in [-0.2, -0.15) is 17.9 Å². The SMILES string of the molecule is CS(=O)(=O)Nc1ccc(C2=NN(S(=O)(=O)c3ccccc3)[C@@H](c3ccc(F)cc3)C2)cc1. The minimum absolute atomic E-state index is 0.102. The number of rotatable bonds is 6. The Hall–Kier alpha value is -3.24. The Morgan fingerprint density at radius 1 is 0.906 bits per heavy atom. The van der Waals surface area contributed by atoms with Crippen molar-refractivity contribution < 1.29 is 21.2 Å². The molecule has 1 N–H and O–H groups in total. The van der Waals surface area contributed by atoms with Crippen molar-refractivity contribution >= 4 is 31.4 Å². The highest BCUT2D eigenvalue weighted by Gasteiger charge is 2.37. The van der Waals surface area contributed by atoms with Crippen molar-refractivity contribution in [2.75, 3.05) is 11.0 Å². The summed E-state index contributed by atoms with van der Waals surface area (Å²) in [6.45, 7) is 0. The van der Waals surface area contributed by atoms with Crippen molar-refractivity contribution in [1.82, 2.24) is 4.41 Å². The molecule has 0 aromatic heterocycles. The van der Waals surface area contributed by atoms with Crippen LogP contribution < -0.4 is 4.72 Å². The van der Waals surface area contributed by atoms with Crippen molar-refractivity contribution in [2.45, 2.75) is 17.4 Å². The van der Waals surface area contributed by atoms with Crippen LogP contribution in [0.3, 0.4) is 0 Å². The third-order valence-corrected chi connectivity index (χ3v) is 7.24. The zero-order chi connectivity index (χ0) is 22.9. The number of sulfonamides is 2. The molecule has 0 saturated heterocycles. The molecular formula is C22H20FN3O4S2. The largest absolute Gasteiger partial charge is 0.284 e. The lowest BCUT2D eigenvalue weighted by molar-refractivity contribution is 0.371. The second-order valence-corrected chi connectivity index (χ2v) is 10.9. The molecule has 1 aliphatic rings. The summed E-state index contributed by atoms with van der Waals surface area (Å²) in [5.41, 5.74) is 2.17. The van der Waals surface area contributed by atoms with Gasteiger partial charge in [0.05, 0.1) is 22.9 Å². The van der Waals surface area contributed by atoms with Gasteiger partial charge < -0.3 is 0 Å². The highest BCUT2D eigenvalue weighted by atomic mass is 32.2. The Kier molecular flexibility index (Phi) is 5.74. The number of hydrazone groups is 1. The van der Waals surface area contributed by atoms with Crippen LogP contribution in [0.4, 0.5) is 10.1 Å². The van der Waals surface area contributed by atoms with E-state index in [2.05, 4.69) is 9.82 Å². The number of benzene rings is 3. The normalized spacial score (nSPS) is 16.6. The molecule has 4 rings (SSSR count). The van der Waals surface area contributed by atoms with Gasteiger partial charge >= 0.3 is 0 Å². The third-order valence-electron chi connectivity index (χ3n) is 4.94. The molecule has 7 nitrogen and oxygen atoms in total. The van der Waals surface area contributed by atoms with Crippen LogP contribution in [0.1, 0.15) is 23.6 Å². The summed E-state index contributed by atoms with van der Waals surface area (Å²) in [6.07, 6.45) is 1.33. The Balaban J connectivity index is 1.73. The molecule has 0 fully saturated rings. The van der Waals surface area contributed by atoms with Crippen molar-refractivity contribution in [3.8, 4) is 0 Å². The molecule has 0 unspecified atom stereocenters. The number of nitrogens with one attached hydrogen (secondary N) is 1. The van der Waals surface area contributed by atoms with Gasteiger partial charge in [0.1, 0.15) is 5.82 Å². The number of nitrogens with zero attached hydrogens (tertiary/aromatic N) is 2. The van der Waals surface area contributed by atoms with Crippen LogP contribution in [0, 0.1) is 5.82 Å². The van der Waals surface area contributed by atoms with Gasteiger partial charge in [0.2, 0.25) is 10.0 Å². The predicted molar refractivity (Wildman–Crippen MR) is 121 cm³/mol. The smallest absolute Gasteiger partial charge is 0.279 e. The first-order chi connectivity index (χ1) is 15.1. The van der Waals surface area contributed by atoms with Gasteiger partial charge in [0.15, 0.2) is 0 Å². The first kappa shape index (κ1) is 22.0. The van der Waals surface area contributed by atoms with Crippen molar-refractivity contribution in [1.29, 1.82) is 0 Å². The van der Waals surface area contributed by atoms with Gasteiger partial charge in [-0.1, -0.05) is 42.5 Å². The summed E-state index contributed by atoms with van der Waals surface area (Å²) in [5, 5.41) is 4.42. The van der Waals surface area contributed by atoms with Gasteiger partial charge in [-0.3, -0.25) is 4.72 Å². The quantitative estimate of drug-likeness (QED) is 0.590. The molecule has 1 atom stereocenters. The van der Waals surface area contributed by atoms with E-state index in [0.29, 0.717) is 22.5 Å². The van der Waals surface area contributed by atoms with E-state index in [1.807, 2.05) is 0 Å². The summed E-state index contributed by atoms with van der Waals surface area (Å²) < 4.78 is 66.4. The average molecular weight is 474 g/mol. The summed E-state index contributed by atoms with van der Waals surface area (Å²) in [5.74, 6) is -0.417. The maximum Gasteiger partial charge on any atom is 0.279 e. The molecule has 166 valence electrons. The summed E-state index contributed by atoms with van der Waals surface area (Å²) in [7, 11) is -7.37. The van der Waals surface area contributed by atoms with Crippen LogP contribution >= 0.6 is 0 Å². The molecule has 10 heteroatoms. The number of hydrogen-bond acceptors (Lipinski definition) is 5. The third kappa shape index (κ3) is 4.66. The lowest BCUT2D eigenvalue weighted by atomic mass is 9.99. The Labute approximate surface area is 186 Å². The monoisotopic (exact) mass is 473 g/mol. The molecule has 0 saturated carbocycles. The molecule has 1 heterocycles. The van der Waals surface area contributed by atoms with Gasteiger partial charge in [0, 0.05) is 12.1 Å². The summed E-state index contributed by atoms with van der Waals surface area (Å²) >= 11 is 0.